The molecule has 1 atom stereocenters. The summed E-state index contributed by atoms with van der Waals surface area (Å²) in [5, 5.41) is 0.831. The molecule has 3 heterocycles. The lowest BCUT2D eigenvalue weighted by atomic mass is 9.99. The van der Waals surface area contributed by atoms with Crippen LogP contribution in [0.25, 0.3) is 10.2 Å². The van der Waals surface area contributed by atoms with Crippen LogP contribution in [0, 0.1) is 0 Å². The quantitative estimate of drug-likeness (QED) is 0.701. The molecule has 0 saturated carbocycles. The van der Waals surface area contributed by atoms with E-state index in [4.69, 9.17) is 14.5 Å². The summed E-state index contributed by atoms with van der Waals surface area (Å²) in [6.07, 6.45) is 4.23. The molecule has 0 fully saturated rings. The van der Waals surface area contributed by atoms with Gasteiger partial charge in [-0.25, -0.2) is 4.98 Å². The lowest BCUT2D eigenvalue weighted by Crippen LogP contribution is -3.10. The molecule has 146 valence electrons. The van der Waals surface area contributed by atoms with Gasteiger partial charge < -0.3 is 19.4 Å². The molecule has 5 rings (SSSR count). The Hall–Kier alpha value is -2.38. The van der Waals surface area contributed by atoms with Crippen molar-refractivity contribution in [1.82, 2.24) is 9.97 Å². The monoisotopic (exact) mass is 398 g/mol. The summed E-state index contributed by atoms with van der Waals surface area (Å²) in [5.74, 6) is 2.34. The normalized spacial score (nSPS) is 18.1. The van der Waals surface area contributed by atoms with Gasteiger partial charge in [0, 0.05) is 16.9 Å². The Morgan fingerprint density at radius 1 is 1.14 bits per heavy atom. The third-order valence-corrected chi connectivity index (χ3v) is 7.12. The van der Waals surface area contributed by atoms with Crippen molar-refractivity contribution < 1.29 is 14.4 Å². The number of nitrogens with zero attached hydrogens (tertiary/aromatic N) is 1. The van der Waals surface area contributed by atoms with Gasteiger partial charge in [-0.2, -0.15) is 0 Å². The van der Waals surface area contributed by atoms with Crippen molar-refractivity contribution in [3.63, 3.8) is 0 Å². The van der Waals surface area contributed by atoms with Crippen LogP contribution >= 0.6 is 11.3 Å². The van der Waals surface area contributed by atoms with E-state index < -0.39 is 0 Å². The maximum absolute atomic E-state index is 12.7. The van der Waals surface area contributed by atoms with E-state index in [0.717, 1.165) is 72.9 Å². The maximum Gasteiger partial charge on any atom is 0.260 e. The molecule has 0 amide bonds. The van der Waals surface area contributed by atoms with E-state index in [1.54, 1.807) is 25.6 Å². The zero-order valence-corrected chi connectivity index (χ0v) is 17.0. The summed E-state index contributed by atoms with van der Waals surface area (Å²) in [6.45, 7) is 2.62. The van der Waals surface area contributed by atoms with Gasteiger partial charge in [-0.1, -0.05) is 0 Å². The molecular formula is C21H24N3O3S+. The van der Waals surface area contributed by atoms with Crippen LogP contribution in [0.5, 0.6) is 11.5 Å². The Bertz CT molecular complexity index is 1120. The summed E-state index contributed by atoms with van der Waals surface area (Å²) < 4.78 is 10.9. The van der Waals surface area contributed by atoms with E-state index in [1.807, 2.05) is 0 Å². The predicted octanol–water partition coefficient (Wildman–Crippen LogP) is 1.63. The topological polar surface area (TPSA) is 68.7 Å². The van der Waals surface area contributed by atoms with E-state index >= 15 is 0 Å². The molecule has 7 heteroatoms. The van der Waals surface area contributed by atoms with Crippen molar-refractivity contribution >= 4 is 21.6 Å². The van der Waals surface area contributed by atoms with Crippen LogP contribution < -0.4 is 19.9 Å². The Balaban J connectivity index is 1.41. The van der Waals surface area contributed by atoms with Gasteiger partial charge in [0.1, 0.15) is 17.9 Å². The second kappa shape index (κ2) is 6.90. The Morgan fingerprint density at radius 3 is 2.71 bits per heavy atom. The van der Waals surface area contributed by atoms with E-state index in [2.05, 4.69) is 17.1 Å². The number of hydrogen-bond acceptors (Lipinski definition) is 5. The number of fused-ring (bicyclic) bond motifs is 4. The number of thiophene rings is 1. The summed E-state index contributed by atoms with van der Waals surface area (Å²) in [4.78, 5) is 24.2. The van der Waals surface area contributed by atoms with Gasteiger partial charge in [0.15, 0.2) is 17.3 Å². The zero-order valence-electron chi connectivity index (χ0n) is 16.2. The molecule has 2 aromatic heterocycles. The number of methoxy groups -OCH3 is 2. The Labute approximate surface area is 167 Å². The molecule has 1 aromatic carbocycles. The first-order chi connectivity index (χ1) is 13.7. The Kier molecular flexibility index (Phi) is 4.36. The van der Waals surface area contributed by atoms with Gasteiger partial charge in [0.05, 0.1) is 26.2 Å². The van der Waals surface area contributed by atoms with Crippen LogP contribution in [0.2, 0.25) is 0 Å². The summed E-state index contributed by atoms with van der Waals surface area (Å²) in [5.41, 5.74) is 3.86. The number of hydrogen-bond donors (Lipinski definition) is 2. The highest BCUT2D eigenvalue weighted by Crippen LogP contribution is 2.34. The van der Waals surface area contributed by atoms with Crippen molar-refractivity contribution in [2.45, 2.75) is 38.8 Å². The van der Waals surface area contributed by atoms with Gasteiger partial charge in [-0.3, -0.25) is 4.79 Å². The highest BCUT2D eigenvalue weighted by atomic mass is 32.1. The largest absolute Gasteiger partial charge is 0.493 e. The molecule has 2 N–H and O–H groups in total. The number of aryl methyl sites for hydroxylation is 2. The summed E-state index contributed by atoms with van der Waals surface area (Å²) in [7, 11) is 3.34. The second-order valence-electron chi connectivity index (χ2n) is 7.63. The summed E-state index contributed by atoms with van der Waals surface area (Å²) in [6, 6.07) is 4.17. The minimum absolute atomic E-state index is 0.0302. The fraction of sp³-hybridized carbons (Fsp3) is 0.429. The van der Waals surface area contributed by atoms with E-state index in [9.17, 15) is 4.79 Å². The lowest BCUT2D eigenvalue weighted by molar-refractivity contribution is -0.930. The smallest absolute Gasteiger partial charge is 0.260 e. The standard InChI is InChI=1S/C21H23N3O3S/c1-26-15-8-12-6-7-24(10-13(12)9-16(15)27-2)11-18-22-20(25)19-14-4-3-5-17(14)28-21(19)23-18/h8-9H,3-7,10-11H2,1-2H3,(H,22,23,25)/p+1. The second-order valence-corrected chi connectivity index (χ2v) is 8.71. The fourth-order valence-electron chi connectivity index (χ4n) is 4.55. The maximum atomic E-state index is 12.7. The highest BCUT2D eigenvalue weighted by molar-refractivity contribution is 7.18. The van der Waals surface area contributed by atoms with Gasteiger partial charge >= 0.3 is 0 Å². The van der Waals surface area contributed by atoms with Crippen molar-refractivity contribution in [3.05, 3.63) is 49.9 Å². The van der Waals surface area contributed by atoms with Crippen LogP contribution in [-0.4, -0.2) is 30.7 Å². The van der Waals surface area contributed by atoms with Gasteiger partial charge in [-0.05, 0) is 42.5 Å². The molecule has 2 aliphatic rings. The number of quaternary nitrogens is 1. The SMILES string of the molecule is COc1cc2c(cc1OC)C[NH+](Cc1nc3sc4c(c3c(=O)[nH]1)CCC4)CC2. The Morgan fingerprint density at radius 2 is 1.93 bits per heavy atom. The number of benzene rings is 1. The minimum atomic E-state index is 0.0302. The van der Waals surface area contributed by atoms with Crippen molar-refractivity contribution in [2.24, 2.45) is 0 Å². The molecule has 0 radical (unpaired) electrons. The number of H-pyrrole nitrogens is 1. The third-order valence-electron chi connectivity index (χ3n) is 5.94. The molecule has 1 unspecified atom stereocenters. The minimum Gasteiger partial charge on any atom is -0.493 e. The molecule has 1 aliphatic carbocycles. The molecule has 0 spiro atoms. The first kappa shape index (κ1) is 17.7. The van der Waals surface area contributed by atoms with Crippen molar-refractivity contribution in [3.8, 4) is 11.5 Å². The number of aromatic nitrogens is 2. The number of ether oxygens (including phenoxy) is 2. The fourth-order valence-corrected chi connectivity index (χ4v) is 5.83. The molecule has 0 bridgehead atoms. The lowest BCUT2D eigenvalue weighted by Gasteiger charge is -2.26. The highest BCUT2D eigenvalue weighted by Gasteiger charge is 2.25. The first-order valence-electron chi connectivity index (χ1n) is 9.77. The third kappa shape index (κ3) is 2.89. The van der Waals surface area contributed by atoms with Crippen LogP contribution in [0.3, 0.4) is 0 Å². The first-order valence-corrected chi connectivity index (χ1v) is 10.6. The van der Waals surface area contributed by atoms with Crippen molar-refractivity contribution in [2.75, 3.05) is 20.8 Å². The number of rotatable bonds is 4. The molecule has 1 aliphatic heterocycles. The van der Waals surface area contributed by atoms with E-state index in [-0.39, 0.29) is 5.56 Å². The van der Waals surface area contributed by atoms with Crippen LogP contribution in [0.15, 0.2) is 16.9 Å². The molecule has 0 saturated heterocycles. The average molecular weight is 399 g/mol. The summed E-state index contributed by atoms with van der Waals surface area (Å²) >= 11 is 1.70. The van der Waals surface area contributed by atoms with Gasteiger partial charge in [0.25, 0.3) is 5.56 Å². The van der Waals surface area contributed by atoms with Crippen LogP contribution in [0.1, 0.15) is 33.8 Å². The van der Waals surface area contributed by atoms with Crippen molar-refractivity contribution in [1.29, 1.82) is 0 Å². The van der Waals surface area contributed by atoms with E-state index in [0.29, 0.717) is 0 Å². The van der Waals surface area contributed by atoms with Crippen LogP contribution in [-0.2, 0) is 32.4 Å². The molecule has 6 nitrogen and oxygen atoms in total. The predicted molar refractivity (Wildman–Crippen MR) is 109 cm³/mol. The van der Waals surface area contributed by atoms with E-state index in [1.165, 1.54) is 26.5 Å². The molecular weight excluding hydrogens is 374 g/mol. The average Bonchev–Trinajstić information content (AvgIpc) is 3.27. The number of aromatic amines is 1. The zero-order chi connectivity index (χ0) is 19.3. The number of nitrogens with one attached hydrogen (secondary N) is 2. The van der Waals surface area contributed by atoms with Gasteiger partial charge in [-0.15, -0.1) is 11.3 Å². The van der Waals surface area contributed by atoms with Crippen LogP contribution in [0.4, 0.5) is 0 Å². The van der Waals surface area contributed by atoms with Gasteiger partial charge in [0.2, 0.25) is 0 Å². The molecule has 3 aromatic rings. The molecule has 28 heavy (non-hydrogen) atoms.